The Morgan fingerprint density at radius 2 is 1.41 bits per heavy atom. The second kappa shape index (κ2) is 3.49. The van der Waals surface area contributed by atoms with Crippen molar-refractivity contribution in [2.24, 2.45) is 0 Å². The number of aliphatic hydroxyl groups is 2. The summed E-state index contributed by atoms with van der Waals surface area (Å²) in [6.45, 7) is 0. The summed E-state index contributed by atoms with van der Waals surface area (Å²) in [5.74, 6) is -1.35. The third-order valence-electron chi connectivity index (χ3n) is 2.01. The molecule has 0 bridgehead atoms. The van der Waals surface area contributed by atoms with E-state index in [0.717, 1.165) is 0 Å². The van der Waals surface area contributed by atoms with Gasteiger partial charge in [-0.25, -0.2) is 24.9 Å². The lowest BCUT2D eigenvalue weighted by Gasteiger charge is -2.29. The van der Waals surface area contributed by atoms with E-state index in [1.807, 2.05) is 0 Å². The topological polar surface area (TPSA) is 172 Å². The highest BCUT2D eigenvalue weighted by Crippen LogP contribution is 2.33. The van der Waals surface area contributed by atoms with E-state index >= 15 is 0 Å². The van der Waals surface area contributed by atoms with Gasteiger partial charge in [0.1, 0.15) is 0 Å². The first kappa shape index (κ1) is 11.0. The molecule has 0 radical (unpaired) electrons. The summed E-state index contributed by atoms with van der Waals surface area (Å²) in [5.41, 5.74) is 0. The first-order valence-corrected chi connectivity index (χ1v) is 4.01. The van der Waals surface area contributed by atoms with Crippen LogP contribution in [0.4, 0.5) is 11.6 Å². The van der Waals surface area contributed by atoms with Crippen LogP contribution in [0.5, 0.6) is 0 Å². The summed E-state index contributed by atoms with van der Waals surface area (Å²) in [4.78, 5) is 21.2. The Hall–Kier alpha value is -2.54. The number of aromatic nitrogens is 2. The molecule has 0 spiro atoms. The summed E-state index contributed by atoms with van der Waals surface area (Å²) in [6.07, 6.45) is -4.37. The maximum Gasteiger partial charge on any atom is 0.290 e. The molecule has 13 heteroatoms. The van der Waals surface area contributed by atoms with Crippen LogP contribution in [0, 0.1) is 20.2 Å². The number of hydrazine groups is 2. The van der Waals surface area contributed by atoms with E-state index < -0.39 is 34.2 Å². The number of rotatable bonds is 2. The Bertz CT molecular complexity index is 432. The summed E-state index contributed by atoms with van der Waals surface area (Å²) in [7, 11) is 0. The van der Waals surface area contributed by atoms with Gasteiger partial charge < -0.3 is 10.2 Å². The molecule has 0 aromatic carbocycles. The number of hydrogen-bond donors (Lipinski definition) is 2. The Labute approximate surface area is 90.6 Å². The van der Waals surface area contributed by atoms with Gasteiger partial charge in [0.2, 0.25) is 12.5 Å². The number of aliphatic hydroxyl groups excluding tert-OH is 2. The molecule has 2 N–H and O–H groups in total. The molecule has 1 aromatic heterocycles. The summed E-state index contributed by atoms with van der Waals surface area (Å²) < 4.78 is 4.11. The molecule has 1 aliphatic rings. The fourth-order valence-corrected chi connectivity index (χ4v) is 1.32. The Balaban J connectivity index is 2.56. The quantitative estimate of drug-likeness (QED) is 0.426. The Kier molecular flexibility index (Phi) is 2.25. The van der Waals surface area contributed by atoms with Gasteiger partial charge in [-0.05, 0) is 20.3 Å². The van der Waals surface area contributed by atoms with E-state index in [2.05, 4.69) is 14.9 Å². The molecule has 2 unspecified atom stereocenters. The summed E-state index contributed by atoms with van der Waals surface area (Å²) in [5, 5.41) is 43.9. The molecule has 0 fully saturated rings. The fourth-order valence-electron chi connectivity index (χ4n) is 1.32. The van der Waals surface area contributed by atoms with E-state index in [9.17, 15) is 30.4 Å². The maximum absolute atomic E-state index is 10.6. The molecule has 0 amide bonds. The van der Waals surface area contributed by atoms with Crippen LogP contribution in [-0.2, 0) is 0 Å². The van der Waals surface area contributed by atoms with Crippen LogP contribution in [0.15, 0.2) is 4.63 Å². The van der Waals surface area contributed by atoms with Crippen molar-refractivity contribution in [3.05, 3.63) is 20.2 Å². The molecule has 17 heavy (non-hydrogen) atoms. The van der Waals surface area contributed by atoms with Crippen LogP contribution >= 0.6 is 0 Å². The van der Waals surface area contributed by atoms with Gasteiger partial charge in [-0.3, -0.25) is 0 Å². The van der Waals surface area contributed by atoms with Crippen LogP contribution in [-0.4, -0.2) is 43.0 Å². The molecule has 13 nitrogen and oxygen atoms in total. The average Bonchev–Trinajstić information content (AvgIpc) is 2.66. The molecule has 1 aliphatic heterocycles. The van der Waals surface area contributed by atoms with E-state index in [-0.39, 0.29) is 10.0 Å². The van der Waals surface area contributed by atoms with Crippen molar-refractivity contribution in [3.63, 3.8) is 0 Å². The van der Waals surface area contributed by atoms with E-state index in [1.165, 1.54) is 0 Å². The van der Waals surface area contributed by atoms with Gasteiger partial charge in [0.05, 0.1) is 0 Å². The van der Waals surface area contributed by atoms with Crippen molar-refractivity contribution >= 4 is 11.6 Å². The largest absolute Gasteiger partial charge is 0.365 e. The van der Waals surface area contributed by atoms with Crippen LogP contribution in [0.25, 0.3) is 0 Å². The normalized spacial score (nSPS) is 23.4. The first-order valence-electron chi connectivity index (χ1n) is 4.01. The smallest absolute Gasteiger partial charge is 0.290 e. The molecular weight excluding hydrogens is 244 g/mol. The average molecular weight is 248 g/mol. The van der Waals surface area contributed by atoms with Crippen LogP contribution in [0.2, 0.25) is 0 Å². The van der Waals surface area contributed by atoms with Crippen molar-refractivity contribution < 1.29 is 24.9 Å². The lowest BCUT2D eigenvalue weighted by molar-refractivity contribution is -0.536. The second-order valence-corrected chi connectivity index (χ2v) is 2.90. The molecule has 92 valence electrons. The van der Waals surface area contributed by atoms with Crippen molar-refractivity contribution in [1.82, 2.24) is 10.3 Å². The Morgan fingerprint density at radius 3 is 1.71 bits per heavy atom. The number of fused-ring (bicyclic) bond motifs is 1. The van der Waals surface area contributed by atoms with E-state index in [4.69, 9.17) is 0 Å². The van der Waals surface area contributed by atoms with Crippen LogP contribution in [0.3, 0.4) is 0 Å². The van der Waals surface area contributed by atoms with Gasteiger partial charge in [0.15, 0.2) is 10.1 Å². The molecule has 2 atom stereocenters. The minimum absolute atomic E-state index is 0.0104. The van der Waals surface area contributed by atoms with Crippen LogP contribution < -0.4 is 10.0 Å². The van der Waals surface area contributed by atoms with E-state index in [0.29, 0.717) is 0 Å². The summed E-state index contributed by atoms with van der Waals surface area (Å²) >= 11 is 0. The number of hydrogen-bond acceptors (Lipinski definition) is 9. The van der Waals surface area contributed by atoms with Crippen molar-refractivity contribution in [3.8, 4) is 0 Å². The zero-order valence-corrected chi connectivity index (χ0v) is 7.77. The molecule has 2 heterocycles. The number of nitro groups is 2. The molecule has 2 rings (SSSR count). The molecule has 0 aliphatic carbocycles. The van der Waals surface area contributed by atoms with Crippen molar-refractivity contribution in [2.75, 3.05) is 10.0 Å². The number of nitrogens with zero attached hydrogens (tertiary/aromatic N) is 6. The first-order chi connectivity index (χ1) is 7.95. The fraction of sp³-hybridized carbons (Fsp3) is 0.500. The second-order valence-electron chi connectivity index (χ2n) is 2.90. The lowest BCUT2D eigenvalue weighted by atomic mass is 10.3. The lowest BCUT2D eigenvalue weighted by Crippen LogP contribution is -2.59. The summed E-state index contributed by atoms with van der Waals surface area (Å²) in [6, 6.07) is 0. The van der Waals surface area contributed by atoms with Gasteiger partial charge in [-0.2, -0.15) is 0 Å². The SMILES string of the molecule is O=[N+]([O-])N1c2nonc2N([N+](=O)[O-])C(O)C1O. The molecule has 1 aromatic rings. The van der Waals surface area contributed by atoms with Gasteiger partial charge in [-0.15, -0.1) is 0 Å². The highest BCUT2D eigenvalue weighted by Gasteiger charge is 2.53. The monoisotopic (exact) mass is 248 g/mol. The van der Waals surface area contributed by atoms with E-state index in [1.54, 1.807) is 0 Å². The predicted octanol–water partition coefficient (Wildman–Crippen LogP) is -2.28. The molecule has 0 saturated heterocycles. The predicted molar refractivity (Wildman–Crippen MR) is 45.3 cm³/mol. The van der Waals surface area contributed by atoms with Gasteiger partial charge in [-0.1, -0.05) is 0 Å². The van der Waals surface area contributed by atoms with Gasteiger partial charge in [0, 0.05) is 0 Å². The third kappa shape index (κ3) is 1.41. The maximum atomic E-state index is 10.6. The van der Waals surface area contributed by atoms with Crippen LogP contribution in [0.1, 0.15) is 0 Å². The zero-order chi connectivity index (χ0) is 12.7. The highest BCUT2D eigenvalue weighted by molar-refractivity contribution is 5.61. The van der Waals surface area contributed by atoms with Gasteiger partial charge in [0.25, 0.3) is 11.6 Å². The number of anilines is 2. The minimum atomic E-state index is -2.19. The highest BCUT2D eigenvalue weighted by atomic mass is 16.7. The standard InChI is InChI=1S/C4H4N6O7/c11-3-4(12)8(10(15)16)2-1(5-17-6-2)7(3)9(13)14/h3-4,11-12H. The van der Waals surface area contributed by atoms with Crippen molar-refractivity contribution in [1.29, 1.82) is 0 Å². The third-order valence-corrected chi connectivity index (χ3v) is 2.01. The van der Waals surface area contributed by atoms with Crippen molar-refractivity contribution in [2.45, 2.75) is 12.5 Å². The zero-order valence-electron chi connectivity index (χ0n) is 7.77. The van der Waals surface area contributed by atoms with Gasteiger partial charge >= 0.3 is 0 Å². The molecule has 0 saturated carbocycles. The molecular formula is C4H4N6O7. The minimum Gasteiger partial charge on any atom is -0.365 e. The Morgan fingerprint density at radius 1 is 1.06 bits per heavy atom.